The van der Waals surface area contributed by atoms with Crippen molar-refractivity contribution in [3.05, 3.63) is 59.4 Å². The Bertz CT molecular complexity index is 684. The zero-order chi connectivity index (χ0) is 15.4. The Hall–Kier alpha value is -2.83. The van der Waals surface area contributed by atoms with Crippen molar-refractivity contribution in [1.29, 1.82) is 0 Å². The Morgan fingerprint density at radius 1 is 1.05 bits per heavy atom. The molecule has 2 rings (SSSR count). The lowest BCUT2D eigenvalue weighted by atomic mass is 10.2. The van der Waals surface area contributed by atoms with Gasteiger partial charge in [-0.2, -0.15) is 0 Å². The molecule has 0 bridgehead atoms. The minimum Gasteiger partial charge on any atom is -0.464 e. The monoisotopic (exact) mass is 292 g/mol. The second-order valence-corrected chi connectivity index (χ2v) is 3.95. The number of benzene rings is 1. The summed E-state index contributed by atoms with van der Waals surface area (Å²) in [6, 6.07) is 7.27. The van der Waals surface area contributed by atoms with Crippen molar-refractivity contribution in [3.63, 3.8) is 0 Å². The van der Waals surface area contributed by atoms with E-state index in [1.807, 2.05) is 0 Å². The van der Waals surface area contributed by atoms with Crippen LogP contribution in [0.2, 0.25) is 0 Å². The van der Waals surface area contributed by atoms with Gasteiger partial charge < -0.3 is 10.1 Å². The van der Waals surface area contributed by atoms with Crippen molar-refractivity contribution in [1.82, 2.24) is 4.98 Å². The second kappa shape index (κ2) is 6.08. The third kappa shape index (κ3) is 3.19. The maximum absolute atomic E-state index is 13.4. The van der Waals surface area contributed by atoms with Crippen LogP contribution in [0.1, 0.15) is 21.0 Å². The molecule has 1 aromatic carbocycles. The molecule has 0 spiro atoms. The molecule has 0 fully saturated rings. The molecule has 108 valence electrons. The highest BCUT2D eigenvalue weighted by Gasteiger charge is 2.16. The van der Waals surface area contributed by atoms with Gasteiger partial charge in [-0.15, -0.1) is 0 Å². The maximum Gasteiger partial charge on any atom is 0.356 e. The largest absolute Gasteiger partial charge is 0.464 e. The molecule has 1 N–H and O–H groups in total. The Morgan fingerprint density at radius 3 is 2.24 bits per heavy atom. The van der Waals surface area contributed by atoms with Gasteiger partial charge in [0.15, 0.2) is 0 Å². The molecule has 0 atom stereocenters. The number of nitrogens with zero attached hydrogens (tertiary/aromatic N) is 1. The summed E-state index contributed by atoms with van der Waals surface area (Å²) in [5, 5.41) is 2.08. The van der Waals surface area contributed by atoms with Crippen molar-refractivity contribution in [2.24, 2.45) is 0 Å². The van der Waals surface area contributed by atoms with Crippen LogP contribution in [-0.4, -0.2) is 24.0 Å². The van der Waals surface area contributed by atoms with Crippen LogP contribution in [-0.2, 0) is 4.74 Å². The molecule has 5 nitrogen and oxygen atoms in total. The van der Waals surface area contributed by atoms with Crippen molar-refractivity contribution in [3.8, 4) is 0 Å². The molecular formula is C14H10F2N2O3. The van der Waals surface area contributed by atoms with Gasteiger partial charge in [0.1, 0.15) is 28.7 Å². The SMILES string of the molecule is COC(=O)c1cccc(C(=O)Nc2c(F)cccc2F)n1. The fraction of sp³-hybridized carbons (Fsp3) is 0.0714. The predicted molar refractivity (Wildman–Crippen MR) is 69.9 cm³/mol. The number of ether oxygens (including phenoxy) is 1. The Kier molecular flexibility index (Phi) is 4.22. The number of halogens is 2. The van der Waals surface area contributed by atoms with Crippen molar-refractivity contribution in [2.45, 2.75) is 0 Å². The van der Waals surface area contributed by atoms with Crippen LogP contribution in [0.5, 0.6) is 0 Å². The zero-order valence-corrected chi connectivity index (χ0v) is 10.9. The number of carbonyl (C=O) groups excluding carboxylic acids is 2. The van der Waals surface area contributed by atoms with Crippen LogP contribution >= 0.6 is 0 Å². The average Bonchev–Trinajstić information content (AvgIpc) is 2.50. The molecule has 1 amide bonds. The van der Waals surface area contributed by atoms with Crippen LogP contribution in [0.15, 0.2) is 36.4 Å². The first-order valence-electron chi connectivity index (χ1n) is 5.83. The maximum atomic E-state index is 13.4. The first kappa shape index (κ1) is 14.6. The number of amides is 1. The number of carbonyl (C=O) groups is 2. The summed E-state index contributed by atoms with van der Waals surface area (Å²) >= 11 is 0. The number of aromatic nitrogens is 1. The summed E-state index contributed by atoms with van der Waals surface area (Å²) < 4.78 is 31.4. The predicted octanol–water partition coefficient (Wildman–Crippen LogP) is 2.40. The van der Waals surface area contributed by atoms with Crippen LogP contribution in [0.25, 0.3) is 0 Å². The molecular weight excluding hydrogens is 282 g/mol. The summed E-state index contributed by atoms with van der Waals surface area (Å²) in [5.41, 5.74) is -0.826. The fourth-order valence-electron chi connectivity index (χ4n) is 1.57. The van der Waals surface area contributed by atoms with E-state index in [1.54, 1.807) is 0 Å². The van der Waals surface area contributed by atoms with E-state index >= 15 is 0 Å². The number of anilines is 1. The average molecular weight is 292 g/mol. The molecule has 1 heterocycles. The number of rotatable bonds is 3. The van der Waals surface area contributed by atoms with E-state index in [9.17, 15) is 18.4 Å². The van der Waals surface area contributed by atoms with E-state index in [0.717, 1.165) is 12.1 Å². The summed E-state index contributed by atoms with van der Waals surface area (Å²) in [7, 11) is 1.17. The van der Waals surface area contributed by atoms with Crippen molar-refractivity contribution < 1.29 is 23.1 Å². The highest BCUT2D eigenvalue weighted by molar-refractivity contribution is 6.03. The number of hydrogen-bond acceptors (Lipinski definition) is 4. The Morgan fingerprint density at radius 2 is 1.62 bits per heavy atom. The minimum absolute atomic E-state index is 0.0841. The summed E-state index contributed by atoms with van der Waals surface area (Å²) in [5.74, 6) is -3.38. The third-order valence-electron chi connectivity index (χ3n) is 2.58. The smallest absolute Gasteiger partial charge is 0.356 e. The minimum atomic E-state index is -0.910. The molecule has 7 heteroatoms. The van der Waals surface area contributed by atoms with Crippen molar-refractivity contribution >= 4 is 17.6 Å². The molecule has 0 radical (unpaired) electrons. The van der Waals surface area contributed by atoms with E-state index in [4.69, 9.17) is 0 Å². The number of methoxy groups -OCH3 is 1. The van der Waals surface area contributed by atoms with E-state index in [1.165, 1.54) is 31.4 Å². The van der Waals surface area contributed by atoms with Crippen LogP contribution in [0.4, 0.5) is 14.5 Å². The normalized spacial score (nSPS) is 10.0. The van der Waals surface area contributed by atoms with Crippen LogP contribution < -0.4 is 5.32 Å². The molecule has 0 aliphatic rings. The van der Waals surface area contributed by atoms with Crippen LogP contribution in [0.3, 0.4) is 0 Å². The fourth-order valence-corrected chi connectivity index (χ4v) is 1.57. The third-order valence-corrected chi connectivity index (χ3v) is 2.58. The molecule has 1 aromatic heterocycles. The second-order valence-electron chi connectivity index (χ2n) is 3.95. The molecule has 2 aromatic rings. The van der Waals surface area contributed by atoms with E-state index in [-0.39, 0.29) is 11.4 Å². The Labute approximate surface area is 118 Å². The van der Waals surface area contributed by atoms with Gasteiger partial charge in [-0.1, -0.05) is 12.1 Å². The topological polar surface area (TPSA) is 68.3 Å². The number of nitrogens with one attached hydrogen (secondary N) is 1. The van der Waals surface area contributed by atoms with Gasteiger partial charge in [0.05, 0.1) is 7.11 Å². The van der Waals surface area contributed by atoms with Crippen molar-refractivity contribution in [2.75, 3.05) is 12.4 Å². The van der Waals surface area contributed by atoms with E-state index < -0.39 is 29.2 Å². The highest BCUT2D eigenvalue weighted by atomic mass is 19.1. The van der Waals surface area contributed by atoms with E-state index in [0.29, 0.717) is 0 Å². The van der Waals surface area contributed by atoms with Gasteiger partial charge in [-0.25, -0.2) is 18.6 Å². The van der Waals surface area contributed by atoms with Gasteiger partial charge >= 0.3 is 5.97 Å². The summed E-state index contributed by atoms with van der Waals surface area (Å²) in [4.78, 5) is 27.0. The zero-order valence-electron chi connectivity index (χ0n) is 10.9. The van der Waals surface area contributed by atoms with Gasteiger partial charge in [0.2, 0.25) is 0 Å². The van der Waals surface area contributed by atoms with Gasteiger partial charge in [0, 0.05) is 0 Å². The highest BCUT2D eigenvalue weighted by Crippen LogP contribution is 2.18. The molecule has 0 unspecified atom stereocenters. The molecule has 0 aliphatic carbocycles. The van der Waals surface area contributed by atoms with Gasteiger partial charge in [-0.3, -0.25) is 4.79 Å². The quantitative estimate of drug-likeness (QED) is 0.882. The van der Waals surface area contributed by atoms with E-state index in [2.05, 4.69) is 15.0 Å². The molecule has 21 heavy (non-hydrogen) atoms. The van der Waals surface area contributed by atoms with Crippen LogP contribution in [0, 0.1) is 11.6 Å². The lowest BCUT2D eigenvalue weighted by Gasteiger charge is -2.07. The number of hydrogen-bond donors (Lipinski definition) is 1. The standard InChI is InChI=1S/C14H10F2N2O3/c1-21-14(20)11-7-3-6-10(17-11)13(19)18-12-8(15)4-2-5-9(12)16/h2-7H,1H3,(H,18,19). The molecule has 0 saturated carbocycles. The number of pyridine rings is 1. The van der Waals surface area contributed by atoms with Gasteiger partial charge in [-0.05, 0) is 24.3 Å². The summed E-state index contributed by atoms with van der Waals surface area (Å²) in [6.07, 6.45) is 0. The molecule has 0 saturated heterocycles. The number of esters is 1. The van der Waals surface area contributed by atoms with Gasteiger partial charge in [0.25, 0.3) is 5.91 Å². The lowest BCUT2D eigenvalue weighted by Crippen LogP contribution is -2.17. The first-order valence-corrected chi connectivity index (χ1v) is 5.83. The lowest BCUT2D eigenvalue weighted by molar-refractivity contribution is 0.0594. The summed E-state index contributed by atoms with van der Waals surface area (Å²) in [6.45, 7) is 0. The Balaban J connectivity index is 2.27. The molecule has 0 aliphatic heterocycles. The first-order chi connectivity index (χ1) is 10.0. The number of para-hydroxylation sites is 1.